The zero-order valence-electron chi connectivity index (χ0n) is 9.88. The summed E-state index contributed by atoms with van der Waals surface area (Å²) in [4.78, 5) is 11.7. The number of hydrogen-bond acceptors (Lipinski definition) is 3. The molecular formula is C14H11ClN2O2. The number of nitrogens with one attached hydrogen (secondary N) is 1. The lowest BCUT2D eigenvalue weighted by Crippen LogP contribution is -2.17. The first-order chi connectivity index (χ1) is 9.15. The largest absolute Gasteiger partial charge is 0.508 e. The molecule has 0 saturated carbocycles. The van der Waals surface area contributed by atoms with Crippen molar-refractivity contribution in [3.05, 3.63) is 64.7 Å². The van der Waals surface area contributed by atoms with Crippen molar-refractivity contribution in [2.75, 3.05) is 0 Å². The summed E-state index contributed by atoms with van der Waals surface area (Å²) in [7, 11) is 0. The number of benzene rings is 2. The van der Waals surface area contributed by atoms with E-state index < -0.39 is 0 Å². The minimum atomic E-state index is -0.348. The lowest BCUT2D eigenvalue weighted by atomic mass is 10.2. The molecule has 1 amide bonds. The van der Waals surface area contributed by atoms with Gasteiger partial charge in [0, 0.05) is 10.6 Å². The quantitative estimate of drug-likeness (QED) is 0.668. The highest BCUT2D eigenvalue weighted by atomic mass is 35.5. The van der Waals surface area contributed by atoms with Crippen molar-refractivity contribution in [2.24, 2.45) is 5.10 Å². The summed E-state index contributed by atoms with van der Waals surface area (Å²) < 4.78 is 0. The average Bonchev–Trinajstić information content (AvgIpc) is 2.38. The molecule has 2 rings (SSSR count). The highest BCUT2D eigenvalue weighted by Crippen LogP contribution is 2.10. The van der Waals surface area contributed by atoms with E-state index in [4.69, 9.17) is 11.6 Å². The molecule has 0 aliphatic heterocycles. The maximum atomic E-state index is 11.7. The van der Waals surface area contributed by atoms with Crippen LogP contribution < -0.4 is 5.43 Å². The zero-order chi connectivity index (χ0) is 13.7. The monoisotopic (exact) mass is 274 g/mol. The van der Waals surface area contributed by atoms with Crippen LogP contribution in [0, 0.1) is 0 Å². The third kappa shape index (κ3) is 3.82. The van der Waals surface area contributed by atoms with Crippen LogP contribution in [0.4, 0.5) is 0 Å². The highest BCUT2D eigenvalue weighted by molar-refractivity contribution is 6.30. The number of phenolic OH excluding ortho intramolecular Hbond substituents is 1. The molecule has 0 heterocycles. The Balaban J connectivity index is 2.01. The number of aromatic hydroxyl groups is 1. The van der Waals surface area contributed by atoms with Gasteiger partial charge in [-0.2, -0.15) is 5.10 Å². The Kier molecular flexibility index (Phi) is 4.15. The van der Waals surface area contributed by atoms with Crippen LogP contribution in [0.15, 0.2) is 53.6 Å². The molecule has 0 radical (unpaired) electrons. The van der Waals surface area contributed by atoms with E-state index in [1.54, 1.807) is 42.5 Å². The average molecular weight is 275 g/mol. The van der Waals surface area contributed by atoms with E-state index in [2.05, 4.69) is 10.5 Å². The minimum Gasteiger partial charge on any atom is -0.508 e. The first-order valence-electron chi connectivity index (χ1n) is 5.53. The van der Waals surface area contributed by atoms with Gasteiger partial charge >= 0.3 is 0 Å². The lowest BCUT2D eigenvalue weighted by Gasteiger charge is -2.00. The number of carbonyl (C=O) groups excluding carboxylic acids is 1. The number of amides is 1. The molecule has 0 saturated heterocycles. The second-order valence-electron chi connectivity index (χ2n) is 3.80. The fourth-order valence-electron chi connectivity index (χ4n) is 1.46. The van der Waals surface area contributed by atoms with E-state index in [1.165, 1.54) is 12.3 Å². The van der Waals surface area contributed by atoms with Gasteiger partial charge in [-0.3, -0.25) is 4.79 Å². The van der Waals surface area contributed by atoms with Gasteiger partial charge in [0.15, 0.2) is 0 Å². The Hall–Kier alpha value is -2.33. The predicted octanol–water partition coefficient (Wildman–Crippen LogP) is 2.81. The van der Waals surface area contributed by atoms with Crippen molar-refractivity contribution in [2.45, 2.75) is 0 Å². The normalized spacial score (nSPS) is 10.6. The van der Waals surface area contributed by atoms with Crippen LogP contribution in [-0.4, -0.2) is 17.2 Å². The van der Waals surface area contributed by atoms with E-state index in [-0.39, 0.29) is 11.7 Å². The van der Waals surface area contributed by atoms with Crippen LogP contribution in [0.5, 0.6) is 5.75 Å². The van der Waals surface area contributed by atoms with Crippen molar-refractivity contribution in [1.29, 1.82) is 0 Å². The van der Waals surface area contributed by atoms with Gasteiger partial charge in [0.05, 0.1) is 6.21 Å². The number of rotatable bonds is 3. The van der Waals surface area contributed by atoms with E-state index in [0.29, 0.717) is 16.1 Å². The first kappa shape index (κ1) is 13.1. The molecule has 2 N–H and O–H groups in total. The number of hydrogen-bond donors (Lipinski definition) is 2. The molecule has 0 aromatic heterocycles. The van der Waals surface area contributed by atoms with Crippen LogP contribution in [0.3, 0.4) is 0 Å². The molecule has 0 unspecified atom stereocenters. The number of carbonyl (C=O) groups is 1. The van der Waals surface area contributed by atoms with Gasteiger partial charge in [-0.05, 0) is 35.9 Å². The fourth-order valence-corrected chi connectivity index (χ4v) is 1.66. The molecule has 2 aromatic rings. The van der Waals surface area contributed by atoms with Gasteiger partial charge in [-0.25, -0.2) is 5.43 Å². The van der Waals surface area contributed by atoms with Crippen molar-refractivity contribution in [3.8, 4) is 5.75 Å². The second kappa shape index (κ2) is 6.02. The fraction of sp³-hybridized carbons (Fsp3) is 0. The molecule has 2 aromatic carbocycles. The zero-order valence-corrected chi connectivity index (χ0v) is 10.6. The maximum Gasteiger partial charge on any atom is 0.271 e. The van der Waals surface area contributed by atoms with Crippen LogP contribution >= 0.6 is 11.6 Å². The van der Waals surface area contributed by atoms with E-state index in [9.17, 15) is 9.90 Å². The summed E-state index contributed by atoms with van der Waals surface area (Å²) in [6, 6.07) is 13.1. The summed E-state index contributed by atoms with van der Waals surface area (Å²) >= 11 is 5.79. The van der Waals surface area contributed by atoms with Crippen molar-refractivity contribution in [3.63, 3.8) is 0 Å². The van der Waals surface area contributed by atoms with Crippen LogP contribution in [0.2, 0.25) is 5.02 Å². The van der Waals surface area contributed by atoms with Crippen LogP contribution in [-0.2, 0) is 0 Å². The summed E-state index contributed by atoms with van der Waals surface area (Å²) in [6.45, 7) is 0. The van der Waals surface area contributed by atoms with Crippen LogP contribution in [0.1, 0.15) is 15.9 Å². The summed E-state index contributed by atoms with van der Waals surface area (Å²) in [6.07, 6.45) is 1.45. The van der Waals surface area contributed by atoms with Crippen molar-refractivity contribution < 1.29 is 9.90 Å². The molecule has 4 nitrogen and oxygen atoms in total. The predicted molar refractivity (Wildman–Crippen MR) is 74.6 cm³/mol. The molecule has 0 fully saturated rings. The summed E-state index contributed by atoms with van der Waals surface area (Å²) in [5.41, 5.74) is 3.50. The SMILES string of the molecule is O=C(NN=Cc1cccc(O)c1)c1cccc(Cl)c1. The topological polar surface area (TPSA) is 61.7 Å². The van der Waals surface area contributed by atoms with Gasteiger partial charge in [0.2, 0.25) is 0 Å². The minimum absolute atomic E-state index is 0.144. The van der Waals surface area contributed by atoms with Crippen molar-refractivity contribution >= 4 is 23.7 Å². The Morgan fingerprint density at radius 2 is 2.00 bits per heavy atom. The number of halogens is 1. The molecule has 0 atom stereocenters. The third-order valence-corrected chi connectivity index (χ3v) is 2.57. The summed E-state index contributed by atoms with van der Waals surface area (Å²) in [5.74, 6) is -0.205. The van der Waals surface area contributed by atoms with E-state index >= 15 is 0 Å². The number of phenols is 1. The molecule has 5 heteroatoms. The van der Waals surface area contributed by atoms with Gasteiger partial charge < -0.3 is 5.11 Å². The van der Waals surface area contributed by atoms with Gasteiger partial charge in [0.1, 0.15) is 5.75 Å². The van der Waals surface area contributed by atoms with E-state index in [0.717, 1.165) is 0 Å². The summed E-state index contributed by atoms with van der Waals surface area (Å²) in [5, 5.41) is 13.6. The van der Waals surface area contributed by atoms with Gasteiger partial charge in [0.25, 0.3) is 5.91 Å². The molecule has 0 spiro atoms. The standard InChI is InChI=1S/C14H11ClN2O2/c15-12-5-2-4-11(8-12)14(19)17-16-9-10-3-1-6-13(18)7-10/h1-9,18H,(H,17,19). The Morgan fingerprint density at radius 3 is 2.74 bits per heavy atom. The molecule has 0 aliphatic rings. The Bertz CT molecular complexity index is 626. The van der Waals surface area contributed by atoms with Crippen molar-refractivity contribution in [1.82, 2.24) is 5.43 Å². The Labute approximate surface area is 115 Å². The number of hydrazone groups is 1. The van der Waals surface area contributed by atoms with Gasteiger partial charge in [-0.1, -0.05) is 29.8 Å². The second-order valence-corrected chi connectivity index (χ2v) is 4.24. The third-order valence-electron chi connectivity index (χ3n) is 2.34. The molecule has 0 bridgehead atoms. The van der Waals surface area contributed by atoms with Gasteiger partial charge in [-0.15, -0.1) is 0 Å². The van der Waals surface area contributed by atoms with Crippen LogP contribution in [0.25, 0.3) is 0 Å². The first-order valence-corrected chi connectivity index (χ1v) is 5.91. The van der Waals surface area contributed by atoms with E-state index in [1.807, 2.05) is 0 Å². The lowest BCUT2D eigenvalue weighted by molar-refractivity contribution is 0.0955. The molecule has 96 valence electrons. The highest BCUT2D eigenvalue weighted by Gasteiger charge is 2.03. The smallest absolute Gasteiger partial charge is 0.271 e. The Morgan fingerprint density at radius 1 is 1.21 bits per heavy atom. The maximum absolute atomic E-state index is 11.7. The molecule has 0 aliphatic carbocycles. The number of nitrogens with zero attached hydrogens (tertiary/aromatic N) is 1. The molecule has 19 heavy (non-hydrogen) atoms. The molecular weight excluding hydrogens is 264 g/mol.